The van der Waals surface area contributed by atoms with Gasteiger partial charge in [-0.05, 0) is 36.4 Å². The smallest absolute Gasteiger partial charge is 0.338 e. The molecule has 3 rings (SSSR count). The van der Waals surface area contributed by atoms with E-state index in [1.807, 2.05) is 42.5 Å². The van der Waals surface area contributed by atoms with Crippen molar-refractivity contribution >= 4 is 11.7 Å². The zero-order chi connectivity index (χ0) is 15.4. The minimum Gasteiger partial charge on any atom is -0.497 e. The second kappa shape index (κ2) is 6.52. The van der Waals surface area contributed by atoms with E-state index < -0.39 is 0 Å². The molecule has 1 aliphatic rings. The van der Waals surface area contributed by atoms with E-state index in [9.17, 15) is 4.79 Å². The highest BCUT2D eigenvalue weighted by Gasteiger charge is 2.26. The molecule has 22 heavy (non-hydrogen) atoms. The third kappa shape index (κ3) is 3.22. The average molecular weight is 297 g/mol. The van der Waals surface area contributed by atoms with Crippen LogP contribution in [0.4, 0.5) is 5.69 Å². The molecule has 0 bridgehead atoms. The van der Waals surface area contributed by atoms with Crippen molar-refractivity contribution in [2.24, 2.45) is 0 Å². The number of hydrogen-bond acceptors (Lipinski definition) is 4. The lowest BCUT2D eigenvalue weighted by atomic mass is 10.2. The molecule has 4 nitrogen and oxygen atoms in total. The van der Waals surface area contributed by atoms with Gasteiger partial charge < -0.3 is 14.4 Å². The number of hydrogen-bond donors (Lipinski definition) is 0. The van der Waals surface area contributed by atoms with Crippen molar-refractivity contribution in [3.8, 4) is 5.75 Å². The number of esters is 1. The zero-order valence-electron chi connectivity index (χ0n) is 12.6. The van der Waals surface area contributed by atoms with Gasteiger partial charge in [0.05, 0.1) is 19.2 Å². The van der Waals surface area contributed by atoms with Crippen molar-refractivity contribution in [1.29, 1.82) is 0 Å². The van der Waals surface area contributed by atoms with Crippen LogP contribution >= 0.6 is 0 Å². The summed E-state index contributed by atoms with van der Waals surface area (Å²) in [5, 5.41) is 0. The Kier molecular flexibility index (Phi) is 4.28. The second-order valence-corrected chi connectivity index (χ2v) is 5.33. The number of carbonyl (C=O) groups is 1. The van der Waals surface area contributed by atoms with Crippen molar-refractivity contribution in [3.05, 3.63) is 60.2 Å². The van der Waals surface area contributed by atoms with E-state index in [0.29, 0.717) is 5.56 Å². The van der Waals surface area contributed by atoms with Gasteiger partial charge in [-0.3, -0.25) is 0 Å². The molecule has 0 saturated carbocycles. The molecule has 0 spiro atoms. The van der Waals surface area contributed by atoms with Crippen LogP contribution in [0.5, 0.6) is 5.75 Å². The molecule has 1 atom stereocenters. The molecular weight excluding hydrogens is 278 g/mol. The lowest BCUT2D eigenvalue weighted by molar-refractivity contribution is 0.0348. The van der Waals surface area contributed by atoms with E-state index in [2.05, 4.69) is 4.90 Å². The Morgan fingerprint density at radius 3 is 2.50 bits per heavy atom. The van der Waals surface area contributed by atoms with E-state index in [-0.39, 0.29) is 12.1 Å². The molecule has 0 radical (unpaired) electrons. The van der Waals surface area contributed by atoms with Crippen molar-refractivity contribution < 1.29 is 14.3 Å². The van der Waals surface area contributed by atoms with Crippen molar-refractivity contribution in [1.82, 2.24) is 0 Å². The summed E-state index contributed by atoms with van der Waals surface area (Å²) in [7, 11) is 1.66. The SMILES string of the molecule is COc1ccc(N2CC[C@H](OC(=O)c3ccccc3)C2)cc1. The monoisotopic (exact) mass is 297 g/mol. The van der Waals surface area contributed by atoms with E-state index in [1.165, 1.54) is 0 Å². The molecule has 1 aliphatic heterocycles. The predicted octanol–water partition coefficient (Wildman–Crippen LogP) is 3.13. The maximum atomic E-state index is 12.1. The Labute approximate surface area is 130 Å². The quantitative estimate of drug-likeness (QED) is 0.813. The summed E-state index contributed by atoms with van der Waals surface area (Å²) in [6.07, 6.45) is 0.791. The number of ether oxygens (including phenoxy) is 2. The number of methoxy groups -OCH3 is 1. The maximum Gasteiger partial charge on any atom is 0.338 e. The van der Waals surface area contributed by atoms with Crippen molar-refractivity contribution in [2.45, 2.75) is 12.5 Å². The van der Waals surface area contributed by atoms with Gasteiger partial charge in [0.2, 0.25) is 0 Å². The Morgan fingerprint density at radius 1 is 1.09 bits per heavy atom. The van der Waals surface area contributed by atoms with Gasteiger partial charge in [-0.25, -0.2) is 4.79 Å². The molecule has 1 heterocycles. The highest BCUT2D eigenvalue weighted by atomic mass is 16.5. The van der Waals surface area contributed by atoms with Crippen molar-refractivity contribution in [2.75, 3.05) is 25.1 Å². The van der Waals surface area contributed by atoms with Gasteiger partial charge in [-0.2, -0.15) is 0 Å². The molecule has 1 fully saturated rings. The number of rotatable bonds is 4. The van der Waals surface area contributed by atoms with Gasteiger partial charge >= 0.3 is 5.97 Å². The standard InChI is InChI=1S/C18H19NO3/c1-21-16-9-7-15(8-10-16)19-12-11-17(13-19)22-18(20)14-5-3-2-4-6-14/h2-10,17H,11-13H2,1H3/t17-/m0/s1. The largest absolute Gasteiger partial charge is 0.497 e. The number of benzene rings is 2. The van der Waals surface area contributed by atoms with E-state index in [0.717, 1.165) is 30.9 Å². The highest BCUT2D eigenvalue weighted by Crippen LogP contribution is 2.24. The van der Waals surface area contributed by atoms with Gasteiger partial charge in [0.25, 0.3) is 0 Å². The molecule has 4 heteroatoms. The van der Waals surface area contributed by atoms with Crippen LogP contribution in [0.1, 0.15) is 16.8 Å². The molecule has 1 saturated heterocycles. The van der Waals surface area contributed by atoms with Gasteiger partial charge in [0.15, 0.2) is 0 Å². The summed E-state index contributed by atoms with van der Waals surface area (Å²) in [5.41, 5.74) is 1.73. The molecule has 0 aliphatic carbocycles. The van der Waals surface area contributed by atoms with Crippen LogP contribution in [0.25, 0.3) is 0 Å². The first-order valence-electron chi connectivity index (χ1n) is 7.41. The Balaban J connectivity index is 1.59. The van der Waals surface area contributed by atoms with Crippen LogP contribution in [0.2, 0.25) is 0 Å². The minimum absolute atomic E-state index is 0.0604. The second-order valence-electron chi connectivity index (χ2n) is 5.33. The minimum atomic E-state index is -0.248. The molecule has 0 aromatic heterocycles. The maximum absolute atomic E-state index is 12.1. The van der Waals surface area contributed by atoms with Crippen LogP contribution in [0, 0.1) is 0 Å². The van der Waals surface area contributed by atoms with Crippen LogP contribution in [0.15, 0.2) is 54.6 Å². The normalized spacial score (nSPS) is 17.3. The fraction of sp³-hybridized carbons (Fsp3) is 0.278. The predicted molar refractivity (Wildman–Crippen MR) is 85.5 cm³/mol. The molecule has 0 unspecified atom stereocenters. The molecule has 114 valence electrons. The first-order chi connectivity index (χ1) is 10.8. The molecule has 2 aromatic rings. The number of nitrogens with zero attached hydrogens (tertiary/aromatic N) is 1. The van der Waals surface area contributed by atoms with Gasteiger partial charge in [-0.15, -0.1) is 0 Å². The summed E-state index contributed by atoms with van der Waals surface area (Å²) in [6, 6.07) is 17.1. The summed E-state index contributed by atoms with van der Waals surface area (Å²) in [4.78, 5) is 14.3. The first kappa shape index (κ1) is 14.4. The lowest BCUT2D eigenvalue weighted by Crippen LogP contribution is -2.24. The number of carbonyl (C=O) groups excluding carboxylic acids is 1. The first-order valence-corrected chi connectivity index (χ1v) is 7.41. The van der Waals surface area contributed by atoms with Crippen LogP contribution in [0.3, 0.4) is 0 Å². The third-order valence-electron chi connectivity index (χ3n) is 3.87. The van der Waals surface area contributed by atoms with Crippen molar-refractivity contribution in [3.63, 3.8) is 0 Å². The zero-order valence-corrected chi connectivity index (χ0v) is 12.6. The highest BCUT2D eigenvalue weighted by molar-refractivity contribution is 5.89. The van der Waals surface area contributed by atoms with E-state index in [4.69, 9.17) is 9.47 Å². The fourth-order valence-electron chi connectivity index (χ4n) is 2.65. The average Bonchev–Trinajstić information content (AvgIpc) is 3.04. The van der Waals surface area contributed by atoms with Crippen LogP contribution in [-0.4, -0.2) is 32.3 Å². The fourth-order valence-corrected chi connectivity index (χ4v) is 2.65. The summed E-state index contributed by atoms with van der Waals surface area (Å²) in [5.74, 6) is 0.595. The molecule has 0 N–H and O–H groups in total. The van der Waals surface area contributed by atoms with Gasteiger partial charge in [0, 0.05) is 18.7 Å². The molecular formula is C18H19NO3. The Bertz CT molecular complexity index is 625. The Hall–Kier alpha value is -2.49. The van der Waals surface area contributed by atoms with E-state index in [1.54, 1.807) is 19.2 Å². The summed E-state index contributed by atoms with van der Waals surface area (Å²) >= 11 is 0. The number of anilines is 1. The third-order valence-corrected chi connectivity index (χ3v) is 3.87. The van der Waals surface area contributed by atoms with E-state index >= 15 is 0 Å². The Morgan fingerprint density at radius 2 is 1.82 bits per heavy atom. The molecule has 0 amide bonds. The van der Waals surface area contributed by atoms with Gasteiger partial charge in [-0.1, -0.05) is 18.2 Å². The summed E-state index contributed by atoms with van der Waals surface area (Å²) in [6.45, 7) is 1.62. The molecule has 2 aromatic carbocycles. The van der Waals surface area contributed by atoms with Crippen LogP contribution < -0.4 is 9.64 Å². The van der Waals surface area contributed by atoms with Gasteiger partial charge in [0.1, 0.15) is 11.9 Å². The van der Waals surface area contributed by atoms with Crippen LogP contribution in [-0.2, 0) is 4.74 Å². The summed E-state index contributed by atoms with van der Waals surface area (Å²) < 4.78 is 10.8. The topological polar surface area (TPSA) is 38.8 Å². The lowest BCUT2D eigenvalue weighted by Gasteiger charge is -2.19.